The predicted octanol–water partition coefficient (Wildman–Crippen LogP) is 3.09. The first-order valence-electron chi connectivity index (χ1n) is 5.60. The molecule has 1 aromatic carbocycles. The van der Waals surface area contributed by atoms with Crippen LogP contribution in [0.3, 0.4) is 0 Å². The minimum Gasteiger partial charge on any atom is -0.375 e. The Labute approximate surface area is 103 Å². The molecule has 0 aliphatic rings. The van der Waals surface area contributed by atoms with E-state index in [9.17, 15) is 0 Å². The SMILES string of the molecule is CN(CCCCCS)c1ccc(C#N)cc1. The number of anilines is 1. The minimum atomic E-state index is 0.715. The molecule has 0 fully saturated rings. The number of hydrogen-bond acceptors (Lipinski definition) is 3. The summed E-state index contributed by atoms with van der Waals surface area (Å²) in [4.78, 5) is 2.22. The molecule has 16 heavy (non-hydrogen) atoms. The highest BCUT2D eigenvalue weighted by atomic mass is 32.1. The number of hydrogen-bond donors (Lipinski definition) is 1. The lowest BCUT2D eigenvalue weighted by Gasteiger charge is -2.19. The van der Waals surface area contributed by atoms with Crippen molar-refractivity contribution in [3.05, 3.63) is 29.8 Å². The van der Waals surface area contributed by atoms with Crippen LogP contribution in [0.15, 0.2) is 24.3 Å². The van der Waals surface area contributed by atoms with Crippen LogP contribution in [-0.2, 0) is 0 Å². The molecule has 0 saturated heterocycles. The summed E-state index contributed by atoms with van der Waals surface area (Å²) >= 11 is 4.19. The zero-order valence-corrected chi connectivity index (χ0v) is 10.6. The van der Waals surface area contributed by atoms with E-state index in [1.807, 2.05) is 24.3 Å². The highest BCUT2D eigenvalue weighted by Crippen LogP contribution is 2.14. The average molecular weight is 234 g/mol. The first kappa shape index (κ1) is 12.9. The summed E-state index contributed by atoms with van der Waals surface area (Å²) in [5.74, 6) is 0.973. The Morgan fingerprint density at radius 1 is 1.19 bits per heavy atom. The number of nitriles is 1. The van der Waals surface area contributed by atoms with Crippen LogP contribution in [0, 0.1) is 11.3 Å². The van der Waals surface area contributed by atoms with E-state index in [1.165, 1.54) is 24.9 Å². The van der Waals surface area contributed by atoms with Crippen LogP contribution in [0.25, 0.3) is 0 Å². The minimum absolute atomic E-state index is 0.715. The number of rotatable bonds is 6. The normalized spacial score (nSPS) is 9.81. The Hall–Kier alpha value is -1.14. The Morgan fingerprint density at radius 2 is 1.88 bits per heavy atom. The maximum Gasteiger partial charge on any atom is 0.0991 e. The standard InChI is InChI=1S/C13H18N2S/c1-15(9-3-2-4-10-16)13-7-5-12(11-14)6-8-13/h5-8,16H,2-4,9-10H2,1H3. The van der Waals surface area contributed by atoms with Gasteiger partial charge in [0, 0.05) is 19.3 Å². The third kappa shape index (κ3) is 4.16. The molecule has 0 heterocycles. The molecule has 0 aromatic heterocycles. The van der Waals surface area contributed by atoms with Gasteiger partial charge in [-0.25, -0.2) is 0 Å². The van der Waals surface area contributed by atoms with Crippen LogP contribution in [-0.4, -0.2) is 19.3 Å². The summed E-state index contributed by atoms with van der Waals surface area (Å²) < 4.78 is 0. The molecule has 86 valence electrons. The molecule has 0 aliphatic heterocycles. The van der Waals surface area contributed by atoms with Crippen LogP contribution in [0.1, 0.15) is 24.8 Å². The van der Waals surface area contributed by atoms with Crippen molar-refractivity contribution in [2.45, 2.75) is 19.3 Å². The molecule has 2 nitrogen and oxygen atoms in total. The fourth-order valence-corrected chi connectivity index (χ4v) is 1.78. The predicted molar refractivity (Wildman–Crippen MR) is 72.1 cm³/mol. The Balaban J connectivity index is 2.40. The first-order chi connectivity index (χ1) is 7.77. The summed E-state index contributed by atoms with van der Waals surface area (Å²) in [7, 11) is 2.09. The zero-order chi connectivity index (χ0) is 11.8. The van der Waals surface area contributed by atoms with E-state index in [1.54, 1.807) is 0 Å². The van der Waals surface area contributed by atoms with Crippen LogP contribution in [0.5, 0.6) is 0 Å². The molecular weight excluding hydrogens is 216 g/mol. The van der Waals surface area contributed by atoms with Crippen molar-refractivity contribution in [3.8, 4) is 6.07 Å². The number of unbranched alkanes of at least 4 members (excludes halogenated alkanes) is 2. The molecule has 0 unspecified atom stereocenters. The molecule has 1 rings (SSSR count). The number of thiol groups is 1. The molecule has 0 radical (unpaired) electrons. The maximum absolute atomic E-state index is 8.70. The van der Waals surface area contributed by atoms with Gasteiger partial charge in [-0.15, -0.1) is 0 Å². The van der Waals surface area contributed by atoms with Crippen molar-refractivity contribution in [3.63, 3.8) is 0 Å². The van der Waals surface area contributed by atoms with Crippen LogP contribution >= 0.6 is 12.6 Å². The zero-order valence-electron chi connectivity index (χ0n) is 9.69. The molecule has 1 aromatic rings. The van der Waals surface area contributed by atoms with E-state index < -0.39 is 0 Å². The molecule has 0 atom stereocenters. The molecule has 0 bridgehead atoms. The molecular formula is C13H18N2S. The number of benzene rings is 1. The van der Waals surface area contributed by atoms with Crippen molar-refractivity contribution < 1.29 is 0 Å². The molecule has 0 N–H and O–H groups in total. The van der Waals surface area contributed by atoms with Crippen LogP contribution in [0.4, 0.5) is 5.69 Å². The van der Waals surface area contributed by atoms with Crippen LogP contribution in [0.2, 0.25) is 0 Å². The Kier molecular flexibility index (Phi) is 5.81. The van der Waals surface area contributed by atoms with Gasteiger partial charge in [-0.2, -0.15) is 17.9 Å². The smallest absolute Gasteiger partial charge is 0.0991 e. The monoisotopic (exact) mass is 234 g/mol. The van der Waals surface area contributed by atoms with Gasteiger partial charge in [0.25, 0.3) is 0 Å². The van der Waals surface area contributed by atoms with Gasteiger partial charge in [-0.3, -0.25) is 0 Å². The summed E-state index contributed by atoms with van der Waals surface area (Å²) in [6, 6.07) is 9.84. The van der Waals surface area contributed by atoms with Gasteiger partial charge in [-0.1, -0.05) is 6.42 Å². The van der Waals surface area contributed by atoms with Gasteiger partial charge in [0.1, 0.15) is 0 Å². The quantitative estimate of drug-likeness (QED) is 0.605. The molecule has 0 saturated carbocycles. The van der Waals surface area contributed by atoms with E-state index in [0.717, 1.165) is 12.3 Å². The second-order valence-corrected chi connectivity index (χ2v) is 4.31. The molecule has 0 amide bonds. The lowest BCUT2D eigenvalue weighted by Crippen LogP contribution is -2.18. The van der Waals surface area contributed by atoms with Crippen molar-refractivity contribution >= 4 is 18.3 Å². The topological polar surface area (TPSA) is 27.0 Å². The van der Waals surface area contributed by atoms with E-state index in [0.29, 0.717) is 5.56 Å². The van der Waals surface area contributed by atoms with E-state index >= 15 is 0 Å². The Morgan fingerprint density at radius 3 is 2.44 bits per heavy atom. The van der Waals surface area contributed by atoms with Crippen molar-refractivity contribution in [2.75, 3.05) is 24.2 Å². The van der Waals surface area contributed by atoms with Crippen molar-refractivity contribution in [2.24, 2.45) is 0 Å². The van der Waals surface area contributed by atoms with Gasteiger partial charge in [-0.05, 0) is 42.9 Å². The van der Waals surface area contributed by atoms with Gasteiger partial charge in [0.15, 0.2) is 0 Å². The highest BCUT2D eigenvalue weighted by molar-refractivity contribution is 7.80. The maximum atomic E-state index is 8.70. The Bertz CT molecular complexity index is 340. The summed E-state index contributed by atoms with van der Waals surface area (Å²) in [6.45, 7) is 1.06. The summed E-state index contributed by atoms with van der Waals surface area (Å²) in [5.41, 5.74) is 1.89. The van der Waals surface area contributed by atoms with E-state index in [4.69, 9.17) is 5.26 Å². The van der Waals surface area contributed by atoms with Crippen molar-refractivity contribution in [1.82, 2.24) is 0 Å². The second kappa shape index (κ2) is 7.19. The number of nitrogens with zero attached hydrogens (tertiary/aromatic N) is 2. The van der Waals surface area contributed by atoms with E-state index in [-0.39, 0.29) is 0 Å². The van der Waals surface area contributed by atoms with Gasteiger partial charge in [0.2, 0.25) is 0 Å². The van der Waals surface area contributed by atoms with Gasteiger partial charge >= 0.3 is 0 Å². The third-order valence-electron chi connectivity index (χ3n) is 2.59. The fraction of sp³-hybridized carbons (Fsp3) is 0.462. The third-order valence-corrected chi connectivity index (χ3v) is 2.91. The van der Waals surface area contributed by atoms with Crippen molar-refractivity contribution in [1.29, 1.82) is 5.26 Å². The first-order valence-corrected chi connectivity index (χ1v) is 6.23. The molecule has 3 heteroatoms. The lowest BCUT2D eigenvalue weighted by molar-refractivity contribution is 0.710. The summed E-state index contributed by atoms with van der Waals surface area (Å²) in [6.07, 6.45) is 3.60. The lowest BCUT2D eigenvalue weighted by atomic mass is 10.2. The van der Waals surface area contributed by atoms with Gasteiger partial charge < -0.3 is 4.90 Å². The van der Waals surface area contributed by atoms with Gasteiger partial charge in [0.05, 0.1) is 11.6 Å². The molecule has 0 spiro atoms. The highest BCUT2D eigenvalue weighted by Gasteiger charge is 2.00. The molecule has 0 aliphatic carbocycles. The van der Waals surface area contributed by atoms with Crippen LogP contribution < -0.4 is 4.90 Å². The fourth-order valence-electron chi connectivity index (χ4n) is 1.56. The second-order valence-electron chi connectivity index (χ2n) is 3.86. The summed E-state index contributed by atoms with van der Waals surface area (Å²) in [5, 5.41) is 8.70. The largest absolute Gasteiger partial charge is 0.375 e. The average Bonchev–Trinajstić information content (AvgIpc) is 2.34. The van der Waals surface area contributed by atoms with E-state index in [2.05, 4.69) is 30.6 Å².